The first kappa shape index (κ1) is 8.98. The Hall–Kier alpha value is -1.28. The number of aryl methyl sites for hydroxylation is 1. The molecule has 0 aliphatic heterocycles. The van der Waals surface area contributed by atoms with Gasteiger partial charge in [-0.2, -0.15) is 5.10 Å². The van der Waals surface area contributed by atoms with E-state index in [1.807, 2.05) is 18.2 Å². The van der Waals surface area contributed by atoms with Crippen molar-refractivity contribution < 1.29 is 0 Å². The zero-order chi connectivity index (χ0) is 10.3. The van der Waals surface area contributed by atoms with Crippen LogP contribution in [-0.2, 0) is 6.42 Å². The van der Waals surface area contributed by atoms with Crippen molar-refractivity contribution in [2.24, 2.45) is 0 Å². The second kappa shape index (κ2) is 3.38. The highest BCUT2D eigenvalue weighted by Gasteiger charge is 2.27. The van der Waals surface area contributed by atoms with Gasteiger partial charge in [0.25, 0.3) is 0 Å². The second-order valence-corrected chi connectivity index (χ2v) is 4.36. The van der Waals surface area contributed by atoms with Crippen molar-refractivity contribution >= 4 is 11.6 Å². The highest BCUT2D eigenvalue weighted by Crippen LogP contribution is 2.40. The van der Waals surface area contributed by atoms with E-state index in [4.69, 9.17) is 11.6 Å². The normalized spacial score (nSPS) is 19.1. The van der Waals surface area contributed by atoms with Crippen molar-refractivity contribution in [2.75, 3.05) is 0 Å². The molecule has 1 aromatic heterocycles. The van der Waals surface area contributed by atoms with Gasteiger partial charge in [0.05, 0.1) is 11.1 Å². The van der Waals surface area contributed by atoms with Gasteiger partial charge in [0, 0.05) is 16.8 Å². The monoisotopic (exact) mass is 218 g/mol. The van der Waals surface area contributed by atoms with Crippen LogP contribution in [0.2, 0.25) is 0 Å². The maximum Gasteiger partial charge on any atom is 0.0970 e. The lowest BCUT2D eigenvalue weighted by atomic mass is 10.1. The van der Waals surface area contributed by atoms with Crippen LogP contribution in [0.5, 0.6) is 0 Å². The van der Waals surface area contributed by atoms with E-state index in [2.05, 4.69) is 22.3 Å². The van der Waals surface area contributed by atoms with Crippen LogP contribution in [0.3, 0.4) is 0 Å². The summed E-state index contributed by atoms with van der Waals surface area (Å²) in [7, 11) is 0. The number of alkyl halides is 1. The number of benzene rings is 1. The molecule has 1 heterocycles. The minimum absolute atomic E-state index is 0.119. The molecule has 0 bridgehead atoms. The number of rotatable bonds is 1. The van der Waals surface area contributed by atoms with Crippen molar-refractivity contribution in [3.8, 4) is 11.3 Å². The summed E-state index contributed by atoms with van der Waals surface area (Å²) in [5.74, 6) is 0. The van der Waals surface area contributed by atoms with Crippen LogP contribution >= 0.6 is 11.6 Å². The lowest BCUT2D eigenvalue weighted by molar-refractivity contribution is 0.846. The van der Waals surface area contributed by atoms with Crippen LogP contribution in [0, 0.1) is 0 Å². The fourth-order valence-corrected chi connectivity index (χ4v) is 2.49. The summed E-state index contributed by atoms with van der Waals surface area (Å²) in [5.41, 5.74) is 4.56. The van der Waals surface area contributed by atoms with E-state index in [1.165, 1.54) is 11.3 Å². The van der Waals surface area contributed by atoms with Crippen LogP contribution in [0.4, 0.5) is 0 Å². The average Bonchev–Trinajstić information content (AvgIpc) is 2.84. The lowest BCUT2D eigenvalue weighted by Crippen LogP contribution is -1.86. The number of aromatic nitrogens is 2. The molecule has 2 nitrogen and oxygen atoms in total. The molecule has 0 spiro atoms. The number of hydrogen-bond donors (Lipinski definition) is 1. The van der Waals surface area contributed by atoms with Gasteiger partial charge in [-0.05, 0) is 12.8 Å². The summed E-state index contributed by atoms with van der Waals surface area (Å²) in [5, 5.41) is 7.55. The Bertz CT molecular complexity index is 476. The van der Waals surface area contributed by atoms with Gasteiger partial charge in [-0.1, -0.05) is 30.3 Å². The molecule has 0 amide bonds. The molecular weight excluding hydrogens is 208 g/mol. The summed E-state index contributed by atoms with van der Waals surface area (Å²) in [6, 6.07) is 10.2. The minimum Gasteiger partial charge on any atom is -0.282 e. The van der Waals surface area contributed by atoms with E-state index < -0.39 is 0 Å². The molecule has 2 aromatic rings. The summed E-state index contributed by atoms with van der Waals surface area (Å²) in [4.78, 5) is 0. The number of nitrogens with one attached hydrogen (secondary N) is 1. The molecule has 1 N–H and O–H groups in total. The van der Waals surface area contributed by atoms with E-state index in [0.29, 0.717) is 0 Å². The summed E-state index contributed by atoms with van der Waals surface area (Å²) in [6.07, 6.45) is 2.04. The topological polar surface area (TPSA) is 28.7 Å². The number of hydrogen-bond acceptors (Lipinski definition) is 1. The van der Waals surface area contributed by atoms with Crippen molar-refractivity contribution in [3.05, 3.63) is 41.6 Å². The predicted molar refractivity (Wildman–Crippen MR) is 60.9 cm³/mol. The van der Waals surface area contributed by atoms with Gasteiger partial charge in [-0.15, -0.1) is 11.6 Å². The summed E-state index contributed by atoms with van der Waals surface area (Å²) in [6.45, 7) is 0. The summed E-state index contributed by atoms with van der Waals surface area (Å²) < 4.78 is 0. The first-order chi connectivity index (χ1) is 7.36. The summed E-state index contributed by atoms with van der Waals surface area (Å²) >= 11 is 6.28. The first-order valence-electron chi connectivity index (χ1n) is 5.13. The largest absolute Gasteiger partial charge is 0.282 e. The van der Waals surface area contributed by atoms with E-state index >= 15 is 0 Å². The Morgan fingerprint density at radius 1 is 1.27 bits per heavy atom. The molecule has 1 atom stereocenters. The molecule has 0 saturated carbocycles. The van der Waals surface area contributed by atoms with Crippen molar-refractivity contribution in [3.63, 3.8) is 0 Å². The predicted octanol–water partition coefficient (Wildman–Crippen LogP) is 3.30. The first-order valence-corrected chi connectivity index (χ1v) is 5.56. The lowest BCUT2D eigenvalue weighted by Gasteiger charge is -2.02. The molecule has 15 heavy (non-hydrogen) atoms. The number of halogens is 1. The van der Waals surface area contributed by atoms with E-state index in [9.17, 15) is 0 Å². The van der Waals surface area contributed by atoms with Crippen molar-refractivity contribution in [1.29, 1.82) is 0 Å². The zero-order valence-electron chi connectivity index (χ0n) is 8.20. The Kier molecular flexibility index (Phi) is 2.03. The maximum absolute atomic E-state index is 6.28. The Morgan fingerprint density at radius 2 is 2.07 bits per heavy atom. The minimum atomic E-state index is 0.119. The third-order valence-electron chi connectivity index (χ3n) is 2.89. The molecule has 76 valence electrons. The molecule has 0 saturated heterocycles. The molecule has 0 fully saturated rings. The zero-order valence-corrected chi connectivity index (χ0v) is 8.96. The van der Waals surface area contributed by atoms with E-state index in [0.717, 1.165) is 24.1 Å². The SMILES string of the molecule is ClC1CCc2[nH]nc(-c3ccccc3)c21. The number of nitrogens with zero attached hydrogens (tertiary/aromatic N) is 1. The smallest absolute Gasteiger partial charge is 0.0970 e. The molecule has 1 aliphatic carbocycles. The van der Waals surface area contributed by atoms with E-state index in [1.54, 1.807) is 0 Å². The second-order valence-electron chi connectivity index (χ2n) is 3.84. The molecule has 1 aromatic carbocycles. The molecule has 1 aliphatic rings. The van der Waals surface area contributed by atoms with Gasteiger partial charge < -0.3 is 0 Å². The van der Waals surface area contributed by atoms with Crippen LogP contribution < -0.4 is 0 Å². The van der Waals surface area contributed by atoms with Gasteiger partial charge in [0.1, 0.15) is 0 Å². The van der Waals surface area contributed by atoms with Crippen LogP contribution in [-0.4, -0.2) is 10.2 Å². The molecule has 3 heteroatoms. The average molecular weight is 219 g/mol. The quantitative estimate of drug-likeness (QED) is 0.731. The van der Waals surface area contributed by atoms with Crippen LogP contribution in [0.25, 0.3) is 11.3 Å². The standard InChI is InChI=1S/C12H11ClN2/c13-9-6-7-10-11(9)12(15-14-10)8-4-2-1-3-5-8/h1-5,9H,6-7H2,(H,14,15). The van der Waals surface area contributed by atoms with Crippen molar-refractivity contribution in [1.82, 2.24) is 10.2 Å². The Balaban J connectivity index is 2.15. The van der Waals surface area contributed by atoms with Gasteiger partial charge in [0.2, 0.25) is 0 Å². The Labute approximate surface area is 93.3 Å². The van der Waals surface area contributed by atoms with Gasteiger partial charge >= 0.3 is 0 Å². The Morgan fingerprint density at radius 3 is 2.87 bits per heavy atom. The highest BCUT2D eigenvalue weighted by molar-refractivity contribution is 6.21. The van der Waals surface area contributed by atoms with Crippen LogP contribution in [0.1, 0.15) is 23.1 Å². The number of fused-ring (bicyclic) bond motifs is 1. The molecule has 1 unspecified atom stereocenters. The number of H-pyrrole nitrogens is 1. The number of aromatic amines is 1. The van der Waals surface area contributed by atoms with Gasteiger partial charge in [-0.3, -0.25) is 5.10 Å². The molecule has 0 radical (unpaired) electrons. The molecule has 3 rings (SSSR count). The van der Waals surface area contributed by atoms with Gasteiger partial charge in [0.15, 0.2) is 0 Å². The fourth-order valence-electron chi connectivity index (χ4n) is 2.15. The molecular formula is C12H11ClN2. The maximum atomic E-state index is 6.28. The highest BCUT2D eigenvalue weighted by atomic mass is 35.5. The van der Waals surface area contributed by atoms with Crippen LogP contribution in [0.15, 0.2) is 30.3 Å². The van der Waals surface area contributed by atoms with Crippen molar-refractivity contribution in [2.45, 2.75) is 18.2 Å². The van der Waals surface area contributed by atoms with Gasteiger partial charge in [-0.25, -0.2) is 0 Å². The van der Waals surface area contributed by atoms with E-state index in [-0.39, 0.29) is 5.38 Å². The third kappa shape index (κ3) is 1.37. The fraction of sp³-hybridized carbons (Fsp3) is 0.250. The third-order valence-corrected chi connectivity index (χ3v) is 3.33.